The minimum Gasteiger partial charge on any atom is -0.448 e. The fourth-order valence-corrected chi connectivity index (χ4v) is 4.25. The van der Waals surface area contributed by atoms with Crippen molar-refractivity contribution in [3.63, 3.8) is 0 Å². The number of carbonyl (C=O) groups excluding carboxylic acids is 2. The second-order valence-electron chi connectivity index (χ2n) is 5.29. The van der Waals surface area contributed by atoms with Crippen molar-refractivity contribution in [3.05, 3.63) is 23.0 Å². The van der Waals surface area contributed by atoms with Crippen LogP contribution in [0.3, 0.4) is 0 Å². The molecule has 0 radical (unpaired) electrons. The summed E-state index contributed by atoms with van der Waals surface area (Å²) in [6, 6.07) is 1.02. The molecule has 0 spiro atoms. The van der Waals surface area contributed by atoms with E-state index in [0.717, 1.165) is 0 Å². The van der Waals surface area contributed by atoms with Gasteiger partial charge in [-0.25, -0.2) is 13.2 Å². The van der Waals surface area contributed by atoms with E-state index < -0.39 is 27.8 Å². The lowest BCUT2D eigenvalue weighted by Gasteiger charge is -2.26. The van der Waals surface area contributed by atoms with Crippen molar-refractivity contribution < 1.29 is 22.7 Å². The zero-order chi connectivity index (χ0) is 16.5. The van der Waals surface area contributed by atoms with Gasteiger partial charge in [0.05, 0.1) is 16.5 Å². The summed E-state index contributed by atoms with van der Waals surface area (Å²) in [4.78, 5) is 28.0. The van der Waals surface area contributed by atoms with E-state index >= 15 is 0 Å². The number of hydrogen-bond donors (Lipinski definition) is 1. The van der Waals surface area contributed by atoms with Gasteiger partial charge in [0.1, 0.15) is 5.69 Å². The van der Waals surface area contributed by atoms with E-state index in [9.17, 15) is 18.0 Å². The molecule has 0 unspecified atom stereocenters. The van der Waals surface area contributed by atoms with Crippen molar-refractivity contribution in [2.24, 2.45) is 0 Å². The molecule has 1 aliphatic rings. The summed E-state index contributed by atoms with van der Waals surface area (Å²) in [5, 5.41) is 0.360. The van der Waals surface area contributed by atoms with Gasteiger partial charge in [-0.3, -0.25) is 4.79 Å². The van der Waals surface area contributed by atoms with E-state index in [1.165, 1.54) is 31.1 Å². The quantitative estimate of drug-likeness (QED) is 0.814. The molecule has 2 heterocycles. The number of carbonyl (C=O) groups is 2. The van der Waals surface area contributed by atoms with E-state index in [1.54, 1.807) is 0 Å². The van der Waals surface area contributed by atoms with Crippen molar-refractivity contribution in [2.45, 2.75) is 25.5 Å². The maximum atomic E-state index is 12.2. The Hall–Kier alpha value is -1.54. The van der Waals surface area contributed by atoms with Gasteiger partial charge in [0.2, 0.25) is 0 Å². The summed E-state index contributed by atoms with van der Waals surface area (Å²) in [5.74, 6) is -1.11. The van der Waals surface area contributed by atoms with Crippen LogP contribution in [0.5, 0.6) is 0 Å². The molecular formula is C13H17ClN2O5S. The van der Waals surface area contributed by atoms with Crippen LogP contribution in [-0.4, -0.2) is 60.9 Å². The van der Waals surface area contributed by atoms with Gasteiger partial charge in [-0.05, 0) is 19.4 Å². The zero-order valence-electron chi connectivity index (χ0n) is 12.2. The van der Waals surface area contributed by atoms with Crippen LogP contribution in [0.15, 0.2) is 12.3 Å². The summed E-state index contributed by atoms with van der Waals surface area (Å²) in [7, 11) is -1.57. The number of nitrogens with one attached hydrogen (secondary N) is 1. The van der Waals surface area contributed by atoms with E-state index in [0.29, 0.717) is 11.4 Å². The predicted molar refractivity (Wildman–Crippen MR) is 80.5 cm³/mol. The Kier molecular flexibility index (Phi) is 4.81. The molecular weight excluding hydrogens is 332 g/mol. The minimum absolute atomic E-state index is 0.0534. The highest BCUT2D eigenvalue weighted by atomic mass is 35.5. The summed E-state index contributed by atoms with van der Waals surface area (Å²) < 4.78 is 28.0. The van der Waals surface area contributed by atoms with Crippen LogP contribution >= 0.6 is 11.6 Å². The lowest BCUT2D eigenvalue weighted by Crippen LogP contribution is -2.44. The Morgan fingerprint density at radius 2 is 2.18 bits per heavy atom. The van der Waals surface area contributed by atoms with Crippen LogP contribution in [0.4, 0.5) is 0 Å². The molecule has 1 aliphatic heterocycles. The molecule has 1 fully saturated rings. The Balaban J connectivity index is 1.95. The number of halogens is 1. The van der Waals surface area contributed by atoms with Gasteiger partial charge in [0.25, 0.3) is 5.91 Å². The van der Waals surface area contributed by atoms with Gasteiger partial charge in [-0.1, -0.05) is 11.6 Å². The highest BCUT2D eigenvalue weighted by molar-refractivity contribution is 7.91. The van der Waals surface area contributed by atoms with Gasteiger partial charge in [0.15, 0.2) is 15.9 Å². The number of rotatable bonds is 4. The van der Waals surface area contributed by atoms with Gasteiger partial charge < -0.3 is 14.6 Å². The van der Waals surface area contributed by atoms with E-state index in [-0.39, 0.29) is 23.2 Å². The second-order valence-corrected chi connectivity index (χ2v) is 7.95. The third kappa shape index (κ3) is 3.80. The Bertz CT molecular complexity index is 684. The molecule has 122 valence electrons. The molecule has 2 rings (SSSR count). The largest absolute Gasteiger partial charge is 0.448 e. The first-order valence-corrected chi connectivity index (χ1v) is 8.91. The zero-order valence-corrected chi connectivity index (χ0v) is 13.8. The van der Waals surface area contributed by atoms with Crippen molar-refractivity contribution in [1.29, 1.82) is 0 Å². The van der Waals surface area contributed by atoms with Crippen LogP contribution in [0, 0.1) is 0 Å². The molecule has 0 aromatic carbocycles. The molecule has 1 saturated heterocycles. The van der Waals surface area contributed by atoms with Crippen LogP contribution < -0.4 is 0 Å². The Labute approximate surface area is 133 Å². The van der Waals surface area contributed by atoms with E-state index in [4.69, 9.17) is 16.3 Å². The average molecular weight is 349 g/mol. The fraction of sp³-hybridized carbons (Fsp3) is 0.538. The second kappa shape index (κ2) is 6.29. The van der Waals surface area contributed by atoms with Crippen LogP contribution in [0.2, 0.25) is 5.02 Å². The highest BCUT2D eigenvalue weighted by Gasteiger charge is 2.35. The molecule has 0 bridgehead atoms. The molecule has 2 atom stereocenters. The summed E-state index contributed by atoms with van der Waals surface area (Å²) in [6.07, 6.45) is 0.820. The van der Waals surface area contributed by atoms with Crippen molar-refractivity contribution in [2.75, 3.05) is 18.6 Å². The maximum absolute atomic E-state index is 12.2. The van der Waals surface area contributed by atoms with Crippen molar-refractivity contribution in [3.8, 4) is 0 Å². The van der Waals surface area contributed by atoms with Gasteiger partial charge in [0, 0.05) is 19.3 Å². The number of amides is 1. The van der Waals surface area contributed by atoms with Gasteiger partial charge in [-0.15, -0.1) is 0 Å². The standard InChI is InChI=1S/C13H17ClN2O5S/c1-8(21-13(18)11-5-9(14)6-15-11)12(17)16(2)10-3-4-22(19,20)7-10/h5-6,8,10,15H,3-4,7H2,1-2H3/t8-,10-/m0/s1. The maximum Gasteiger partial charge on any atom is 0.355 e. The summed E-state index contributed by atoms with van der Waals surface area (Å²) >= 11 is 5.70. The third-order valence-corrected chi connectivity index (χ3v) is 5.57. The normalized spacial score (nSPS) is 21.3. The predicted octanol–water partition coefficient (Wildman–Crippen LogP) is 0.859. The lowest BCUT2D eigenvalue weighted by atomic mass is 10.2. The van der Waals surface area contributed by atoms with Crippen LogP contribution in [-0.2, 0) is 19.4 Å². The number of ether oxygens (including phenoxy) is 1. The molecule has 1 aromatic heterocycles. The number of sulfone groups is 1. The summed E-state index contributed by atoms with van der Waals surface area (Å²) in [6.45, 7) is 1.45. The number of aromatic nitrogens is 1. The van der Waals surface area contributed by atoms with Gasteiger partial charge >= 0.3 is 5.97 Å². The smallest absolute Gasteiger partial charge is 0.355 e. The monoisotopic (exact) mass is 348 g/mol. The van der Waals surface area contributed by atoms with Crippen LogP contribution in [0.1, 0.15) is 23.8 Å². The van der Waals surface area contributed by atoms with Crippen molar-refractivity contribution >= 4 is 33.3 Å². The molecule has 7 nitrogen and oxygen atoms in total. The average Bonchev–Trinajstić information content (AvgIpc) is 3.02. The fourth-order valence-electron chi connectivity index (χ4n) is 2.31. The SMILES string of the molecule is C[C@H](OC(=O)c1cc(Cl)c[nH]1)C(=O)N(C)[C@H]1CCS(=O)(=O)C1. The highest BCUT2D eigenvalue weighted by Crippen LogP contribution is 2.18. The first-order chi connectivity index (χ1) is 10.2. The number of aromatic amines is 1. The lowest BCUT2D eigenvalue weighted by molar-refractivity contribution is -0.140. The number of H-pyrrole nitrogens is 1. The topological polar surface area (TPSA) is 96.5 Å². The molecule has 1 amide bonds. The first kappa shape index (κ1) is 16.8. The molecule has 0 aliphatic carbocycles. The van der Waals surface area contributed by atoms with Crippen LogP contribution in [0.25, 0.3) is 0 Å². The molecule has 22 heavy (non-hydrogen) atoms. The molecule has 0 saturated carbocycles. The first-order valence-electron chi connectivity index (χ1n) is 6.71. The number of hydrogen-bond acceptors (Lipinski definition) is 5. The van der Waals surface area contributed by atoms with E-state index in [1.807, 2.05) is 0 Å². The molecule has 1 N–H and O–H groups in total. The Morgan fingerprint density at radius 1 is 1.50 bits per heavy atom. The number of esters is 1. The minimum atomic E-state index is -3.08. The molecule has 1 aromatic rings. The third-order valence-electron chi connectivity index (χ3n) is 3.60. The van der Waals surface area contributed by atoms with E-state index in [2.05, 4.69) is 4.98 Å². The Morgan fingerprint density at radius 3 is 2.68 bits per heavy atom. The number of likely N-dealkylation sites (N-methyl/N-ethyl adjacent to an activating group) is 1. The van der Waals surface area contributed by atoms with Gasteiger partial charge in [-0.2, -0.15) is 0 Å². The van der Waals surface area contributed by atoms with Crippen molar-refractivity contribution in [1.82, 2.24) is 9.88 Å². The summed E-state index contributed by atoms with van der Waals surface area (Å²) in [5.41, 5.74) is 0.149. The number of nitrogens with zero attached hydrogens (tertiary/aromatic N) is 1. The molecule has 9 heteroatoms.